The van der Waals surface area contributed by atoms with E-state index >= 15 is 0 Å². The molecule has 4 aromatic carbocycles. The molecule has 7 aromatic rings. The van der Waals surface area contributed by atoms with Gasteiger partial charge in [0.05, 0.1) is 22.8 Å². The Balaban J connectivity index is 0.00000171. The summed E-state index contributed by atoms with van der Waals surface area (Å²) in [6.45, 7) is 17.3. The Morgan fingerprint density at radius 2 is 0.483 bits per heavy atom. The van der Waals surface area contributed by atoms with Crippen LogP contribution in [0.3, 0.4) is 0 Å². The van der Waals surface area contributed by atoms with Crippen LogP contribution >= 0.6 is 0 Å². The third-order valence-corrected chi connectivity index (χ3v) is 11.3. The molecule has 2 aliphatic rings. The van der Waals surface area contributed by atoms with E-state index in [0.29, 0.717) is 0 Å². The number of nitrogens with zero attached hydrogens (tertiary/aromatic N) is 2. The zero-order valence-electron chi connectivity index (χ0n) is 35.4. The van der Waals surface area contributed by atoms with E-state index in [0.717, 1.165) is 134 Å². The quantitative estimate of drug-likeness (QED) is 0.173. The summed E-state index contributed by atoms with van der Waals surface area (Å²) in [5.41, 5.74) is 25.5. The summed E-state index contributed by atoms with van der Waals surface area (Å²) >= 11 is 0. The summed E-state index contributed by atoms with van der Waals surface area (Å²) in [5.74, 6) is 0. The molecule has 9 rings (SSSR count). The van der Waals surface area contributed by atoms with E-state index < -0.39 is 0 Å². The summed E-state index contributed by atoms with van der Waals surface area (Å²) in [4.78, 5) is 18.9. The molecule has 5 heterocycles. The van der Waals surface area contributed by atoms with E-state index in [1.807, 2.05) is 0 Å². The first-order chi connectivity index (χ1) is 27.1. The van der Waals surface area contributed by atoms with Crippen LogP contribution in [0.2, 0.25) is 0 Å². The molecule has 0 saturated heterocycles. The van der Waals surface area contributed by atoms with Crippen molar-refractivity contribution in [3.63, 3.8) is 0 Å². The fourth-order valence-corrected chi connectivity index (χ4v) is 8.82. The van der Waals surface area contributed by atoms with Crippen molar-refractivity contribution in [2.24, 2.45) is 0 Å². The van der Waals surface area contributed by atoms with Crippen molar-refractivity contribution in [3.8, 4) is 44.5 Å². The number of H-pyrrole nitrogens is 2. The van der Waals surface area contributed by atoms with Gasteiger partial charge in [-0.3, -0.25) is 0 Å². The van der Waals surface area contributed by atoms with Crippen LogP contribution in [0.1, 0.15) is 67.3 Å². The van der Waals surface area contributed by atoms with Crippen molar-refractivity contribution < 1.29 is 131 Å². The molecule has 3 aromatic heterocycles. The molecule has 0 amide bonds. The zero-order valence-corrected chi connectivity index (χ0v) is 46.8. The topological polar surface area (TPSA) is 57.4 Å². The molecule has 0 saturated carbocycles. The normalized spacial score (nSPS) is 11.3. The molecule has 286 valence electrons. The maximum atomic E-state index is 5.54. The van der Waals surface area contributed by atoms with Gasteiger partial charge in [0.1, 0.15) is 0 Å². The Labute approximate surface area is 454 Å². The molecule has 0 fully saturated rings. The van der Waals surface area contributed by atoms with Gasteiger partial charge in [-0.05, 0) is 48.6 Å². The third-order valence-electron chi connectivity index (χ3n) is 11.3. The predicted molar refractivity (Wildman–Crippen MR) is 234 cm³/mol. The van der Waals surface area contributed by atoms with Crippen LogP contribution < -0.4 is 0 Å². The summed E-state index contributed by atoms with van der Waals surface area (Å²) < 4.78 is 0. The predicted octanol–water partition coefficient (Wildman–Crippen LogP) is 13.0. The maximum Gasteiger partial charge on any atom is 0.0716 e. The minimum atomic E-state index is 0. The van der Waals surface area contributed by atoms with E-state index in [4.69, 9.17) is 9.97 Å². The number of hydrogen-bond donors (Lipinski definition) is 2. The van der Waals surface area contributed by atoms with E-state index in [2.05, 4.69) is 187 Å². The Kier molecular flexibility index (Phi) is 16.4. The van der Waals surface area contributed by atoms with Crippen LogP contribution in [0.25, 0.3) is 90.9 Å². The Morgan fingerprint density at radius 1 is 0.300 bits per heavy atom. The standard InChI is InChI=1S/C52H42N4.4Y/c1-29-13-9-14-30(2)45(29)49-37-21-23-39(53-37)50(46-31(3)15-10-16-32(46)4)41-25-27-43(55-41)52(48-35(7)19-12-20-36(48)8)44-28-26-42(56-44)51(40-24-22-38(49)54-40)47-33(5)17-11-18-34(47)6;;;;/h13-28,53,56H,1-8H3;;;;/q-4;;;;. The van der Waals surface area contributed by atoms with Gasteiger partial charge in [0, 0.05) is 175 Å². The number of rotatable bonds is 4. The summed E-state index contributed by atoms with van der Waals surface area (Å²) in [6, 6.07) is 38.7. The molecule has 2 N–H and O–H groups in total. The molecule has 4 nitrogen and oxygen atoms in total. The first-order valence-electron chi connectivity index (χ1n) is 19.2. The van der Waals surface area contributed by atoms with Crippen LogP contribution in [0.4, 0.5) is 0 Å². The molecule has 0 unspecified atom stereocenters. The van der Waals surface area contributed by atoms with E-state index in [-0.39, 0.29) is 131 Å². The van der Waals surface area contributed by atoms with Gasteiger partial charge in [0.15, 0.2) is 0 Å². The molecule has 2 aliphatic heterocycles. The largest absolute Gasteiger partial charge is 0.355 e. The SMILES string of the molecule is Cc1c[c-]cc(C)c1-c1c2nc(c(-c3c(C)c[c-]cc3C)c3ccc([nH]3)c(-c3c(C)c[c-]cc3C)c3nc(c(-c4c(C)c[c-]cc4C)c4ccc1[nH]4)C=C3)C=C2.[Y].[Y].[Y].[Y]. The van der Waals surface area contributed by atoms with Gasteiger partial charge in [-0.25, -0.2) is 9.97 Å². The van der Waals surface area contributed by atoms with E-state index in [9.17, 15) is 0 Å². The average Bonchev–Trinajstić information content (AvgIpc) is 4.00. The molecule has 0 atom stereocenters. The number of aryl methyl sites for hydroxylation is 8. The Bertz CT molecular complexity index is 2540. The molecule has 8 heteroatoms. The molecule has 0 aliphatic carbocycles. The summed E-state index contributed by atoms with van der Waals surface area (Å²) in [6.07, 6.45) is 8.68. The second-order valence-corrected chi connectivity index (χ2v) is 15.3. The van der Waals surface area contributed by atoms with Gasteiger partial charge in [-0.15, -0.1) is 22.3 Å². The van der Waals surface area contributed by atoms with Gasteiger partial charge < -0.3 is 9.97 Å². The van der Waals surface area contributed by atoms with Crippen LogP contribution in [0, 0.1) is 79.7 Å². The van der Waals surface area contributed by atoms with E-state index in [1.54, 1.807) is 0 Å². The monoisotopic (exact) mass is 1080 g/mol. The minimum Gasteiger partial charge on any atom is -0.355 e. The van der Waals surface area contributed by atoms with Gasteiger partial charge in [-0.1, -0.05) is 55.4 Å². The van der Waals surface area contributed by atoms with Crippen molar-refractivity contribution in [3.05, 3.63) is 164 Å². The molecule has 8 bridgehead atoms. The number of aromatic amines is 2. The van der Waals surface area contributed by atoms with Crippen molar-refractivity contribution >= 4 is 46.4 Å². The minimum absolute atomic E-state index is 0. The number of aromatic nitrogens is 4. The fourth-order valence-electron chi connectivity index (χ4n) is 8.82. The van der Waals surface area contributed by atoms with Crippen molar-refractivity contribution in [1.82, 2.24) is 19.9 Å². The van der Waals surface area contributed by atoms with Gasteiger partial charge >= 0.3 is 0 Å². The second kappa shape index (κ2) is 20.2. The zero-order chi connectivity index (χ0) is 38.8. The van der Waals surface area contributed by atoms with Crippen molar-refractivity contribution in [2.75, 3.05) is 0 Å². The third kappa shape index (κ3) is 8.86. The first-order valence-corrected chi connectivity index (χ1v) is 19.2. The van der Waals surface area contributed by atoms with Crippen LogP contribution in [-0.4, -0.2) is 19.9 Å². The Hall–Kier alpha value is -2.10. The first kappa shape index (κ1) is 48.9. The average molecular weight is 1080 g/mol. The number of fused-ring (bicyclic) bond motifs is 8. The van der Waals surface area contributed by atoms with Gasteiger partial charge in [0.25, 0.3) is 0 Å². The van der Waals surface area contributed by atoms with Crippen molar-refractivity contribution in [1.29, 1.82) is 0 Å². The summed E-state index contributed by atoms with van der Waals surface area (Å²) in [7, 11) is 0. The maximum absolute atomic E-state index is 5.54. The molecule has 0 spiro atoms. The number of hydrogen-bond acceptors (Lipinski definition) is 2. The van der Waals surface area contributed by atoms with Crippen LogP contribution in [0.5, 0.6) is 0 Å². The van der Waals surface area contributed by atoms with Gasteiger partial charge in [-0.2, -0.15) is 117 Å². The molecular weight excluding hydrogens is 1040 g/mol. The van der Waals surface area contributed by atoms with Crippen LogP contribution in [-0.2, 0) is 131 Å². The van der Waals surface area contributed by atoms with Gasteiger partial charge in [0.2, 0.25) is 0 Å². The molecule has 4 radical (unpaired) electrons. The molecular formula is C52H42N4Y4-4. The van der Waals surface area contributed by atoms with Crippen LogP contribution in [0.15, 0.2) is 72.8 Å². The fraction of sp³-hybridized carbons (Fsp3) is 0.154. The number of benzene rings is 4. The summed E-state index contributed by atoms with van der Waals surface area (Å²) in [5, 5.41) is 0. The van der Waals surface area contributed by atoms with Crippen molar-refractivity contribution in [2.45, 2.75) is 55.4 Å². The van der Waals surface area contributed by atoms with E-state index in [1.165, 1.54) is 0 Å². The second-order valence-electron chi connectivity index (χ2n) is 15.3. The number of nitrogens with one attached hydrogen (secondary N) is 2. The molecule has 60 heavy (non-hydrogen) atoms. The Morgan fingerprint density at radius 3 is 0.667 bits per heavy atom. The smallest absolute Gasteiger partial charge is 0.0716 e.